The molecule has 16 heavy (non-hydrogen) atoms. The summed E-state index contributed by atoms with van der Waals surface area (Å²) in [5, 5.41) is 13.0. The van der Waals surface area contributed by atoms with Crippen molar-refractivity contribution in [1.29, 1.82) is 0 Å². The largest absolute Gasteiger partial charge is 0.374 e. The summed E-state index contributed by atoms with van der Waals surface area (Å²) < 4.78 is 39.3. The summed E-state index contributed by atoms with van der Waals surface area (Å²) in [5.41, 5.74) is -1.75. The van der Waals surface area contributed by atoms with Gasteiger partial charge < -0.3 is 5.32 Å². The van der Waals surface area contributed by atoms with E-state index in [1.165, 1.54) is 0 Å². The average Bonchev–Trinajstić information content (AvgIpc) is 2.96. The number of nitro groups is 1. The van der Waals surface area contributed by atoms with Crippen LogP contribution < -0.4 is 5.32 Å². The number of hydrogen-bond acceptors (Lipinski definition) is 3. The third kappa shape index (κ3) is 1.80. The lowest BCUT2D eigenvalue weighted by molar-refractivity contribution is -0.386. The lowest BCUT2D eigenvalue weighted by atomic mass is 10.2. The lowest BCUT2D eigenvalue weighted by Gasteiger charge is -2.07. The summed E-state index contributed by atoms with van der Waals surface area (Å²) in [5.74, 6) is -4.24. The number of anilines is 1. The smallest absolute Gasteiger partial charge is 0.330 e. The molecule has 0 spiro atoms. The first-order valence-corrected chi connectivity index (χ1v) is 4.59. The van der Waals surface area contributed by atoms with E-state index in [0.717, 1.165) is 0 Å². The summed E-state index contributed by atoms with van der Waals surface area (Å²) in [6.45, 7) is 0. The fourth-order valence-corrected chi connectivity index (χ4v) is 1.33. The van der Waals surface area contributed by atoms with Crippen molar-refractivity contribution in [2.45, 2.75) is 18.9 Å². The van der Waals surface area contributed by atoms with Gasteiger partial charge in [0, 0.05) is 12.1 Å². The van der Waals surface area contributed by atoms with Crippen LogP contribution in [0.25, 0.3) is 0 Å². The molecule has 7 heteroatoms. The highest BCUT2D eigenvalue weighted by molar-refractivity contribution is 5.64. The topological polar surface area (TPSA) is 55.2 Å². The summed E-state index contributed by atoms with van der Waals surface area (Å²) >= 11 is 0. The van der Waals surface area contributed by atoms with Crippen LogP contribution in [0.4, 0.5) is 24.5 Å². The van der Waals surface area contributed by atoms with Crippen molar-refractivity contribution in [2.24, 2.45) is 0 Å². The number of nitrogens with zero attached hydrogens (tertiary/aromatic N) is 1. The van der Waals surface area contributed by atoms with Crippen LogP contribution in [-0.2, 0) is 0 Å². The van der Waals surface area contributed by atoms with Gasteiger partial charge in [0.15, 0.2) is 17.3 Å². The number of halogens is 3. The summed E-state index contributed by atoms with van der Waals surface area (Å²) in [6.07, 6.45) is 1.41. The third-order valence-electron chi connectivity index (χ3n) is 2.25. The monoisotopic (exact) mass is 232 g/mol. The van der Waals surface area contributed by atoms with Gasteiger partial charge in [-0.3, -0.25) is 10.1 Å². The van der Waals surface area contributed by atoms with Gasteiger partial charge >= 0.3 is 5.69 Å². The Kier molecular flexibility index (Phi) is 2.45. The van der Waals surface area contributed by atoms with Gasteiger partial charge in [0.2, 0.25) is 5.82 Å². The van der Waals surface area contributed by atoms with Crippen LogP contribution in [-0.4, -0.2) is 11.0 Å². The molecular formula is C9H7F3N2O2. The van der Waals surface area contributed by atoms with Crippen molar-refractivity contribution in [3.05, 3.63) is 33.6 Å². The minimum atomic E-state index is -1.44. The predicted molar refractivity (Wildman–Crippen MR) is 49.6 cm³/mol. The quantitative estimate of drug-likeness (QED) is 0.495. The second-order valence-corrected chi connectivity index (χ2v) is 3.55. The van der Waals surface area contributed by atoms with Crippen LogP contribution >= 0.6 is 0 Å². The van der Waals surface area contributed by atoms with Gasteiger partial charge in [-0.1, -0.05) is 0 Å². The minimum absolute atomic E-state index is 0.144. The molecule has 1 fully saturated rings. The fourth-order valence-electron chi connectivity index (χ4n) is 1.33. The Hall–Kier alpha value is -1.79. The zero-order valence-corrected chi connectivity index (χ0v) is 7.97. The number of nitrogens with one attached hydrogen (secondary N) is 1. The second-order valence-electron chi connectivity index (χ2n) is 3.55. The summed E-state index contributed by atoms with van der Waals surface area (Å²) in [7, 11) is 0. The molecule has 1 aromatic carbocycles. The maximum absolute atomic E-state index is 13.3. The molecular weight excluding hydrogens is 225 g/mol. The molecule has 0 bridgehead atoms. The molecule has 0 atom stereocenters. The molecule has 0 heterocycles. The SMILES string of the molecule is O=[N+]([O-])c1c(F)cc(F)c(F)c1NC1CC1. The molecule has 4 nitrogen and oxygen atoms in total. The van der Waals surface area contributed by atoms with E-state index in [-0.39, 0.29) is 12.1 Å². The number of benzene rings is 1. The van der Waals surface area contributed by atoms with Gasteiger partial charge in [-0.05, 0) is 12.8 Å². The predicted octanol–water partition coefficient (Wildman–Crippen LogP) is 2.59. The van der Waals surface area contributed by atoms with E-state index in [4.69, 9.17) is 0 Å². The van der Waals surface area contributed by atoms with Crippen LogP contribution in [0.1, 0.15) is 12.8 Å². The zero-order chi connectivity index (χ0) is 11.9. The highest BCUT2D eigenvalue weighted by atomic mass is 19.2. The minimum Gasteiger partial charge on any atom is -0.374 e. The maximum Gasteiger partial charge on any atom is 0.330 e. The Morgan fingerprint density at radius 2 is 1.94 bits per heavy atom. The van der Waals surface area contributed by atoms with Crippen molar-refractivity contribution in [2.75, 3.05) is 5.32 Å². The Labute approximate surface area is 88.2 Å². The highest BCUT2D eigenvalue weighted by Gasteiger charge is 2.31. The van der Waals surface area contributed by atoms with Gasteiger partial charge in [-0.25, -0.2) is 8.78 Å². The van der Waals surface area contributed by atoms with Gasteiger partial charge in [-0.15, -0.1) is 0 Å². The summed E-state index contributed by atoms with van der Waals surface area (Å²) in [6, 6.07) is 0.0281. The van der Waals surface area contributed by atoms with Crippen molar-refractivity contribution in [1.82, 2.24) is 0 Å². The number of hydrogen-bond donors (Lipinski definition) is 1. The van der Waals surface area contributed by atoms with Gasteiger partial charge in [0.1, 0.15) is 0 Å². The van der Waals surface area contributed by atoms with Crippen LogP contribution in [0.3, 0.4) is 0 Å². The molecule has 0 radical (unpaired) electrons. The van der Waals surface area contributed by atoms with Crippen molar-refractivity contribution < 1.29 is 18.1 Å². The van der Waals surface area contributed by atoms with Crippen molar-refractivity contribution in [3.8, 4) is 0 Å². The number of nitro benzene ring substituents is 1. The van der Waals surface area contributed by atoms with E-state index in [1.54, 1.807) is 0 Å². The van der Waals surface area contributed by atoms with E-state index in [9.17, 15) is 23.3 Å². The first-order valence-electron chi connectivity index (χ1n) is 4.59. The van der Waals surface area contributed by atoms with Crippen molar-refractivity contribution >= 4 is 11.4 Å². The van der Waals surface area contributed by atoms with E-state index in [0.29, 0.717) is 12.8 Å². The molecule has 2 rings (SSSR count). The average molecular weight is 232 g/mol. The molecule has 0 saturated heterocycles. The second kappa shape index (κ2) is 3.66. The Bertz CT molecular complexity index is 461. The molecule has 86 valence electrons. The van der Waals surface area contributed by atoms with Crippen LogP contribution in [0.5, 0.6) is 0 Å². The first kappa shape index (κ1) is 10.7. The first-order chi connectivity index (χ1) is 7.50. The highest BCUT2D eigenvalue weighted by Crippen LogP contribution is 2.35. The molecule has 1 aliphatic carbocycles. The molecule has 0 amide bonds. The fraction of sp³-hybridized carbons (Fsp3) is 0.333. The molecule has 1 aromatic rings. The normalized spacial score (nSPS) is 14.9. The third-order valence-corrected chi connectivity index (χ3v) is 2.25. The molecule has 1 N–H and O–H groups in total. The number of rotatable bonds is 3. The Morgan fingerprint density at radius 1 is 1.31 bits per heavy atom. The van der Waals surface area contributed by atoms with E-state index in [1.807, 2.05) is 0 Å². The van der Waals surface area contributed by atoms with E-state index >= 15 is 0 Å². The standard InChI is InChI=1S/C9H7F3N2O2/c10-5-3-6(11)9(14(15)16)8(7(5)12)13-4-1-2-4/h3-4,13H,1-2H2. The summed E-state index contributed by atoms with van der Waals surface area (Å²) in [4.78, 5) is 9.48. The van der Waals surface area contributed by atoms with E-state index < -0.39 is 33.7 Å². The van der Waals surface area contributed by atoms with Crippen LogP contribution in [0, 0.1) is 27.6 Å². The van der Waals surface area contributed by atoms with Gasteiger partial charge in [0.05, 0.1) is 4.92 Å². The van der Waals surface area contributed by atoms with Crippen molar-refractivity contribution in [3.63, 3.8) is 0 Å². The van der Waals surface area contributed by atoms with Gasteiger partial charge in [-0.2, -0.15) is 4.39 Å². The molecule has 0 aliphatic heterocycles. The molecule has 1 saturated carbocycles. The lowest BCUT2D eigenvalue weighted by Crippen LogP contribution is -2.09. The maximum atomic E-state index is 13.3. The van der Waals surface area contributed by atoms with Crippen LogP contribution in [0.2, 0.25) is 0 Å². The van der Waals surface area contributed by atoms with Crippen LogP contribution in [0.15, 0.2) is 6.07 Å². The molecule has 0 aromatic heterocycles. The van der Waals surface area contributed by atoms with Gasteiger partial charge in [0.25, 0.3) is 0 Å². The molecule has 1 aliphatic rings. The Morgan fingerprint density at radius 3 is 2.44 bits per heavy atom. The Balaban J connectivity index is 2.54. The zero-order valence-electron chi connectivity index (χ0n) is 7.97. The van der Waals surface area contributed by atoms with E-state index in [2.05, 4.69) is 5.32 Å². The molecule has 0 unspecified atom stereocenters.